The normalized spacial score (nSPS) is 33.5. The minimum atomic E-state index is -0.310. The summed E-state index contributed by atoms with van der Waals surface area (Å²) < 4.78 is 16.5. The van der Waals surface area contributed by atoms with E-state index in [2.05, 4.69) is 0 Å². The second kappa shape index (κ2) is 7.88. The highest BCUT2D eigenvalue weighted by Crippen LogP contribution is 2.37. The molecule has 0 aliphatic carbocycles. The van der Waals surface area contributed by atoms with Gasteiger partial charge in [0.25, 0.3) is 0 Å². The topological polar surface area (TPSA) is 61.8 Å². The summed E-state index contributed by atoms with van der Waals surface area (Å²) >= 11 is 1.61. The molecular formula is C14H24O5S. The van der Waals surface area contributed by atoms with Crippen molar-refractivity contribution < 1.29 is 23.8 Å². The van der Waals surface area contributed by atoms with E-state index in [0.29, 0.717) is 0 Å². The number of thioether (sulfide) groups is 1. The van der Waals surface area contributed by atoms with Gasteiger partial charge in [-0.25, -0.2) is 0 Å². The van der Waals surface area contributed by atoms with Crippen molar-refractivity contribution in [2.24, 2.45) is 11.8 Å². The monoisotopic (exact) mass is 304 g/mol. The van der Waals surface area contributed by atoms with Crippen LogP contribution in [0.5, 0.6) is 0 Å². The Balaban J connectivity index is 2.76. The van der Waals surface area contributed by atoms with Gasteiger partial charge in [0.1, 0.15) is 18.1 Å². The molecule has 1 rings (SSSR count). The Labute approximate surface area is 124 Å². The van der Waals surface area contributed by atoms with Gasteiger partial charge in [0.2, 0.25) is 0 Å². The van der Waals surface area contributed by atoms with E-state index in [9.17, 15) is 9.59 Å². The fraction of sp³-hybridized carbons (Fsp3) is 0.857. The lowest BCUT2D eigenvalue weighted by Crippen LogP contribution is -2.51. The van der Waals surface area contributed by atoms with Crippen LogP contribution in [-0.4, -0.2) is 41.9 Å². The molecule has 0 bridgehead atoms. The average Bonchev–Trinajstić information content (AvgIpc) is 2.36. The smallest absolute Gasteiger partial charge is 0.303 e. The predicted molar refractivity (Wildman–Crippen MR) is 77.3 cm³/mol. The van der Waals surface area contributed by atoms with Crippen molar-refractivity contribution in [3.05, 3.63) is 0 Å². The number of carbonyl (C=O) groups is 2. The molecule has 0 aromatic heterocycles. The zero-order chi connectivity index (χ0) is 15.3. The largest absolute Gasteiger partial charge is 0.463 e. The van der Waals surface area contributed by atoms with E-state index in [1.807, 2.05) is 20.8 Å². The Bertz CT molecular complexity index is 344. The van der Waals surface area contributed by atoms with Crippen LogP contribution in [0.3, 0.4) is 0 Å². The molecule has 6 heteroatoms. The van der Waals surface area contributed by atoms with Gasteiger partial charge in [-0.3, -0.25) is 9.59 Å². The summed E-state index contributed by atoms with van der Waals surface area (Å²) in [6.45, 7) is 9.15. The van der Waals surface area contributed by atoms with E-state index in [-0.39, 0.29) is 48.0 Å². The first-order chi connectivity index (χ1) is 9.36. The molecule has 1 aliphatic heterocycles. The third-order valence-corrected chi connectivity index (χ3v) is 4.64. The van der Waals surface area contributed by atoms with E-state index in [1.54, 1.807) is 11.8 Å². The van der Waals surface area contributed by atoms with Gasteiger partial charge >= 0.3 is 11.9 Å². The number of ether oxygens (including phenoxy) is 3. The maximum Gasteiger partial charge on any atom is 0.303 e. The van der Waals surface area contributed by atoms with E-state index < -0.39 is 0 Å². The van der Waals surface area contributed by atoms with Crippen molar-refractivity contribution in [2.75, 3.05) is 12.4 Å². The summed E-state index contributed by atoms with van der Waals surface area (Å²) in [4.78, 5) is 22.2. The van der Waals surface area contributed by atoms with Crippen molar-refractivity contribution in [3.63, 3.8) is 0 Å². The maximum absolute atomic E-state index is 11.3. The van der Waals surface area contributed by atoms with Gasteiger partial charge in [-0.2, -0.15) is 0 Å². The second-order valence-electron chi connectivity index (χ2n) is 5.09. The molecule has 0 saturated carbocycles. The highest BCUT2D eigenvalue weighted by atomic mass is 32.2. The number of hydrogen-bond acceptors (Lipinski definition) is 6. The fourth-order valence-corrected chi connectivity index (χ4v) is 3.35. The van der Waals surface area contributed by atoms with Crippen molar-refractivity contribution in [3.8, 4) is 0 Å². The summed E-state index contributed by atoms with van der Waals surface area (Å²) in [7, 11) is 0. The summed E-state index contributed by atoms with van der Waals surface area (Å²) in [6.07, 6.45) is -0.425. The summed E-state index contributed by atoms with van der Waals surface area (Å²) in [5.74, 6) is 0.557. The first kappa shape index (κ1) is 17.3. The highest BCUT2D eigenvalue weighted by molar-refractivity contribution is 7.99. The molecule has 5 nitrogen and oxygen atoms in total. The molecule has 0 radical (unpaired) electrons. The predicted octanol–water partition coefficient (Wildman–Crippen LogP) is 2.23. The minimum absolute atomic E-state index is 0.146. The van der Waals surface area contributed by atoms with Gasteiger partial charge in [0.15, 0.2) is 0 Å². The van der Waals surface area contributed by atoms with Gasteiger partial charge in [-0.05, 0) is 11.7 Å². The Kier molecular flexibility index (Phi) is 6.82. The molecule has 1 fully saturated rings. The van der Waals surface area contributed by atoms with Crippen molar-refractivity contribution >= 4 is 23.7 Å². The Morgan fingerprint density at radius 3 is 2.30 bits per heavy atom. The molecule has 1 saturated heterocycles. The molecule has 0 spiro atoms. The molecule has 0 aromatic carbocycles. The van der Waals surface area contributed by atoms with Crippen LogP contribution in [0.25, 0.3) is 0 Å². The van der Waals surface area contributed by atoms with Gasteiger partial charge in [0.05, 0.1) is 6.10 Å². The summed E-state index contributed by atoms with van der Waals surface area (Å²) in [5, 5.41) is 0. The Hall–Kier alpha value is -0.750. The lowest BCUT2D eigenvalue weighted by molar-refractivity contribution is -0.184. The van der Waals surface area contributed by atoms with Crippen molar-refractivity contribution in [2.45, 2.75) is 52.3 Å². The first-order valence-corrected chi connectivity index (χ1v) is 7.99. The standard InChI is InChI=1S/C14H24O5S/c1-6-20-14-13(18-11(5)16)9(3)8(2)12(19-14)7-17-10(4)15/h8-9,12-14H,6-7H2,1-5H3. The van der Waals surface area contributed by atoms with Crippen LogP contribution in [-0.2, 0) is 23.8 Å². The van der Waals surface area contributed by atoms with Crippen molar-refractivity contribution in [1.82, 2.24) is 0 Å². The second-order valence-corrected chi connectivity index (χ2v) is 6.47. The maximum atomic E-state index is 11.3. The molecule has 0 N–H and O–H groups in total. The van der Waals surface area contributed by atoms with Crippen LogP contribution in [0.15, 0.2) is 0 Å². The Morgan fingerprint density at radius 1 is 1.15 bits per heavy atom. The van der Waals surface area contributed by atoms with Gasteiger partial charge in [-0.1, -0.05) is 20.8 Å². The summed E-state index contributed by atoms with van der Waals surface area (Å²) in [5.41, 5.74) is -0.212. The third kappa shape index (κ3) is 4.66. The number of rotatable bonds is 5. The van der Waals surface area contributed by atoms with Crippen LogP contribution in [0.4, 0.5) is 0 Å². The lowest BCUT2D eigenvalue weighted by atomic mass is 9.84. The van der Waals surface area contributed by atoms with Gasteiger partial charge in [0, 0.05) is 19.8 Å². The molecule has 0 amide bonds. The van der Waals surface area contributed by atoms with Gasteiger partial charge < -0.3 is 14.2 Å². The first-order valence-electron chi connectivity index (χ1n) is 6.94. The van der Waals surface area contributed by atoms with Crippen LogP contribution in [0.1, 0.15) is 34.6 Å². The van der Waals surface area contributed by atoms with Gasteiger partial charge in [-0.15, -0.1) is 11.8 Å². The zero-order valence-electron chi connectivity index (χ0n) is 12.8. The number of carbonyl (C=O) groups excluding carboxylic acids is 2. The highest BCUT2D eigenvalue weighted by Gasteiger charge is 2.43. The molecule has 116 valence electrons. The average molecular weight is 304 g/mol. The van der Waals surface area contributed by atoms with Crippen LogP contribution >= 0.6 is 11.8 Å². The van der Waals surface area contributed by atoms with E-state index in [0.717, 1.165) is 5.75 Å². The number of hydrogen-bond donors (Lipinski definition) is 0. The molecule has 1 aliphatic rings. The molecule has 0 aromatic rings. The minimum Gasteiger partial charge on any atom is -0.463 e. The Morgan fingerprint density at radius 2 is 1.80 bits per heavy atom. The molecule has 5 atom stereocenters. The SMILES string of the molecule is CCSC1OC(COC(C)=O)C(C)C(C)C1OC(C)=O. The molecule has 1 heterocycles. The van der Waals surface area contributed by atoms with E-state index in [1.165, 1.54) is 13.8 Å². The molecular weight excluding hydrogens is 280 g/mol. The quantitative estimate of drug-likeness (QED) is 0.726. The fourth-order valence-electron chi connectivity index (χ4n) is 2.30. The third-order valence-electron chi connectivity index (χ3n) is 3.59. The molecule has 20 heavy (non-hydrogen) atoms. The number of esters is 2. The van der Waals surface area contributed by atoms with E-state index >= 15 is 0 Å². The van der Waals surface area contributed by atoms with Crippen LogP contribution in [0.2, 0.25) is 0 Å². The van der Waals surface area contributed by atoms with Crippen LogP contribution in [0, 0.1) is 11.8 Å². The lowest BCUT2D eigenvalue weighted by Gasteiger charge is -2.43. The van der Waals surface area contributed by atoms with E-state index in [4.69, 9.17) is 14.2 Å². The van der Waals surface area contributed by atoms with Crippen LogP contribution < -0.4 is 0 Å². The van der Waals surface area contributed by atoms with Crippen molar-refractivity contribution in [1.29, 1.82) is 0 Å². The zero-order valence-corrected chi connectivity index (χ0v) is 13.6. The molecule has 5 unspecified atom stereocenters. The summed E-state index contributed by atoms with van der Waals surface area (Å²) in [6, 6.07) is 0.